The molecule has 0 bridgehead atoms. The van der Waals surface area contributed by atoms with Gasteiger partial charge >= 0.3 is 0 Å². The number of anilines is 1. The van der Waals surface area contributed by atoms with Crippen molar-refractivity contribution in [3.63, 3.8) is 0 Å². The summed E-state index contributed by atoms with van der Waals surface area (Å²) in [7, 11) is 0. The zero-order chi connectivity index (χ0) is 16.1. The van der Waals surface area contributed by atoms with Crippen LogP contribution in [-0.4, -0.2) is 15.3 Å². The molecule has 1 N–H and O–H groups in total. The Hall–Kier alpha value is -1.95. The molecule has 1 amide bonds. The first-order valence-corrected chi connectivity index (χ1v) is 8.12. The van der Waals surface area contributed by atoms with Crippen molar-refractivity contribution in [1.82, 2.24) is 9.36 Å². The van der Waals surface area contributed by atoms with E-state index < -0.39 is 0 Å². The third-order valence-electron chi connectivity index (χ3n) is 2.89. The monoisotopic (exact) mass is 319 g/mol. The van der Waals surface area contributed by atoms with E-state index in [0.29, 0.717) is 16.9 Å². The van der Waals surface area contributed by atoms with Gasteiger partial charge in [0.15, 0.2) is 0 Å². The van der Waals surface area contributed by atoms with Crippen LogP contribution < -0.4 is 10.1 Å². The Bertz CT molecular complexity index is 621. The fourth-order valence-corrected chi connectivity index (χ4v) is 2.30. The van der Waals surface area contributed by atoms with Gasteiger partial charge in [0, 0.05) is 29.6 Å². The number of rotatable bonds is 6. The number of amides is 1. The third-order valence-corrected chi connectivity index (χ3v) is 3.52. The van der Waals surface area contributed by atoms with Crippen molar-refractivity contribution in [2.45, 2.75) is 34.1 Å². The Morgan fingerprint density at radius 1 is 1.23 bits per heavy atom. The largest absolute Gasteiger partial charge is 0.430 e. The lowest BCUT2D eigenvalue weighted by Crippen LogP contribution is -2.17. The first-order valence-electron chi connectivity index (χ1n) is 7.35. The van der Waals surface area contributed by atoms with Crippen LogP contribution in [0.5, 0.6) is 10.9 Å². The number of carbonyl (C=O) groups is 1. The smallest absolute Gasteiger partial charge is 0.298 e. The highest BCUT2D eigenvalue weighted by Gasteiger charge is 2.09. The van der Waals surface area contributed by atoms with E-state index in [9.17, 15) is 4.79 Å². The number of ether oxygens (including phenoxy) is 1. The first-order chi connectivity index (χ1) is 10.4. The fourth-order valence-electron chi connectivity index (χ4n) is 1.72. The normalized spacial score (nSPS) is 11.0. The molecule has 5 nitrogen and oxygen atoms in total. The second-order valence-electron chi connectivity index (χ2n) is 5.84. The van der Waals surface area contributed by atoms with Gasteiger partial charge in [-0.1, -0.05) is 27.7 Å². The average molecular weight is 319 g/mol. The molecule has 0 atom stereocenters. The highest BCUT2D eigenvalue weighted by atomic mass is 32.1. The molecule has 118 valence electrons. The maximum Gasteiger partial charge on any atom is 0.298 e. The van der Waals surface area contributed by atoms with Gasteiger partial charge in [0.1, 0.15) is 11.6 Å². The van der Waals surface area contributed by atoms with Crippen molar-refractivity contribution < 1.29 is 9.53 Å². The highest BCUT2D eigenvalue weighted by Crippen LogP contribution is 2.25. The molecular weight excluding hydrogens is 298 g/mol. The molecule has 1 heterocycles. The van der Waals surface area contributed by atoms with Crippen molar-refractivity contribution in [1.29, 1.82) is 0 Å². The summed E-state index contributed by atoms with van der Waals surface area (Å²) in [5.74, 6) is 1.96. The Balaban J connectivity index is 1.96. The van der Waals surface area contributed by atoms with Crippen molar-refractivity contribution in [3.05, 3.63) is 30.1 Å². The van der Waals surface area contributed by atoms with Crippen molar-refractivity contribution in [2.24, 2.45) is 11.8 Å². The minimum absolute atomic E-state index is 0.00359. The summed E-state index contributed by atoms with van der Waals surface area (Å²) in [6, 6.07) is 7.23. The second-order valence-corrected chi connectivity index (χ2v) is 6.56. The summed E-state index contributed by atoms with van der Waals surface area (Å²) in [6.07, 6.45) is 0.847. The zero-order valence-corrected chi connectivity index (χ0v) is 14.1. The molecule has 0 spiro atoms. The molecule has 0 radical (unpaired) electrons. The van der Waals surface area contributed by atoms with Gasteiger partial charge in [0.05, 0.1) is 0 Å². The maximum atomic E-state index is 11.6. The lowest BCUT2D eigenvalue weighted by molar-refractivity contribution is -0.118. The van der Waals surface area contributed by atoms with Crippen LogP contribution >= 0.6 is 11.5 Å². The molecule has 22 heavy (non-hydrogen) atoms. The van der Waals surface area contributed by atoms with Gasteiger partial charge in [0.25, 0.3) is 5.19 Å². The minimum Gasteiger partial charge on any atom is -0.430 e. The van der Waals surface area contributed by atoms with Crippen molar-refractivity contribution in [3.8, 4) is 10.9 Å². The van der Waals surface area contributed by atoms with Gasteiger partial charge in [-0.25, -0.2) is 0 Å². The molecule has 1 aromatic heterocycles. The molecular formula is C16H21N3O2S. The number of carbonyl (C=O) groups excluding carboxylic acids is 1. The predicted molar refractivity (Wildman–Crippen MR) is 88.4 cm³/mol. The topological polar surface area (TPSA) is 64.1 Å². The van der Waals surface area contributed by atoms with Crippen LogP contribution in [0.1, 0.15) is 33.5 Å². The van der Waals surface area contributed by atoms with Gasteiger partial charge < -0.3 is 10.1 Å². The van der Waals surface area contributed by atoms with E-state index in [1.807, 2.05) is 26.0 Å². The number of hydrogen-bond donors (Lipinski definition) is 1. The molecule has 0 aliphatic rings. The molecule has 6 heteroatoms. The number of hydrogen-bond acceptors (Lipinski definition) is 5. The quantitative estimate of drug-likeness (QED) is 0.869. The zero-order valence-electron chi connectivity index (χ0n) is 13.3. The van der Waals surface area contributed by atoms with E-state index in [0.717, 1.165) is 17.9 Å². The Kier molecular flexibility index (Phi) is 5.49. The molecule has 2 rings (SSSR count). The van der Waals surface area contributed by atoms with E-state index in [2.05, 4.69) is 28.5 Å². The van der Waals surface area contributed by atoms with E-state index in [-0.39, 0.29) is 11.8 Å². The van der Waals surface area contributed by atoms with E-state index in [4.69, 9.17) is 4.74 Å². The summed E-state index contributed by atoms with van der Waals surface area (Å²) < 4.78 is 9.96. The standard InChI is InChI=1S/C16H21N3O2S/c1-10(2)9-14-18-16(22-19-14)21-13-7-5-12(6-8-13)17-15(20)11(3)4/h5-8,10-11H,9H2,1-4H3,(H,17,20). The number of nitrogens with one attached hydrogen (secondary N) is 1. The first kappa shape index (κ1) is 16.4. The van der Waals surface area contributed by atoms with Crippen LogP contribution in [0.3, 0.4) is 0 Å². The molecule has 0 fully saturated rings. The summed E-state index contributed by atoms with van der Waals surface area (Å²) in [5, 5.41) is 3.37. The molecule has 0 aliphatic heterocycles. The van der Waals surface area contributed by atoms with Crippen LogP contribution in [0, 0.1) is 11.8 Å². The fraction of sp³-hybridized carbons (Fsp3) is 0.438. The van der Waals surface area contributed by atoms with Crippen molar-refractivity contribution in [2.75, 3.05) is 5.32 Å². The lowest BCUT2D eigenvalue weighted by Gasteiger charge is -2.08. The van der Waals surface area contributed by atoms with E-state index in [1.165, 1.54) is 11.5 Å². The number of benzene rings is 1. The molecule has 2 aromatic rings. The predicted octanol–water partition coefficient (Wildman–Crippen LogP) is 4.12. The van der Waals surface area contributed by atoms with Gasteiger partial charge in [0.2, 0.25) is 5.91 Å². The maximum absolute atomic E-state index is 11.6. The number of aromatic nitrogens is 2. The second kappa shape index (κ2) is 7.35. The van der Waals surface area contributed by atoms with Crippen LogP contribution in [-0.2, 0) is 11.2 Å². The Morgan fingerprint density at radius 2 is 1.91 bits per heavy atom. The summed E-state index contributed by atoms with van der Waals surface area (Å²) in [6.45, 7) is 7.98. The van der Waals surface area contributed by atoms with Gasteiger partial charge in [-0.15, -0.1) is 0 Å². The molecule has 0 aliphatic carbocycles. The average Bonchev–Trinajstić information content (AvgIpc) is 2.87. The Labute approximate surface area is 134 Å². The molecule has 0 saturated heterocycles. The van der Waals surface area contributed by atoms with Crippen LogP contribution in [0.4, 0.5) is 5.69 Å². The SMILES string of the molecule is CC(C)Cc1nsc(Oc2ccc(NC(=O)C(C)C)cc2)n1. The van der Waals surface area contributed by atoms with Crippen LogP contribution in [0.2, 0.25) is 0 Å². The van der Waals surface area contributed by atoms with E-state index in [1.54, 1.807) is 12.1 Å². The van der Waals surface area contributed by atoms with Crippen molar-refractivity contribution >= 4 is 23.1 Å². The molecule has 0 saturated carbocycles. The van der Waals surface area contributed by atoms with Crippen LogP contribution in [0.15, 0.2) is 24.3 Å². The van der Waals surface area contributed by atoms with E-state index >= 15 is 0 Å². The number of nitrogens with zero attached hydrogens (tertiary/aromatic N) is 2. The molecule has 0 unspecified atom stereocenters. The minimum atomic E-state index is -0.0447. The molecule has 1 aromatic carbocycles. The highest BCUT2D eigenvalue weighted by molar-refractivity contribution is 7.07. The summed E-state index contributed by atoms with van der Waals surface area (Å²) >= 11 is 1.25. The third kappa shape index (κ3) is 4.80. The van der Waals surface area contributed by atoms with Gasteiger partial charge in [-0.2, -0.15) is 9.36 Å². The lowest BCUT2D eigenvalue weighted by atomic mass is 10.1. The summed E-state index contributed by atoms with van der Waals surface area (Å²) in [5.41, 5.74) is 0.754. The Morgan fingerprint density at radius 3 is 2.50 bits per heavy atom. The summed E-state index contributed by atoms with van der Waals surface area (Å²) in [4.78, 5) is 16.0. The van der Waals surface area contributed by atoms with Crippen LogP contribution in [0.25, 0.3) is 0 Å². The van der Waals surface area contributed by atoms with Gasteiger partial charge in [-0.05, 0) is 30.2 Å². The van der Waals surface area contributed by atoms with Gasteiger partial charge in [-0.3, -0.25) is 4.79 Å².